The molecule has 0 saturated heterocycles. The lowest BCUT2D eigenvalue weighted by molar-refractivity contribution is 0.484. The van der Waals surface area contributed by atoms with Gasteiger partial charge >= 0.3 is 0 Å². The summed E-state index contributed by atoms with van der Waals surface area (Å²) >= 11 is 0. The van der Waals surface area contributed by atoms with E-state index in [9.17, 15) is 0 Å². The van der Waals surface area contributed by atoms with E-state index in [2.05, 4.69) is 29.2 Å². The maximum absolute atomic E-state index is 4.74. The molecule has 2 aromatic heterocycles. The molecule has 28 heavy (non-hydrogen) atoms. The fourth-order valence-corrected chi connectivity index (χ4v) is 8.70. The summed E-state index contributed by atoms with van der Waals surface area (Å²) in [6.45, 7) is 0. The molecule has 0 atom stereocenters. The van der Waals surface area contributed by atoms with E-state index in [1.807, 2.05) is 33.9 Å². The number of nitrogens with zero attached hydrogens (tertiary/aromatic N) is 2. The summed E-state index contributed by atoms with van der Waals surface area (Å²) in [6, 6.07) is 10.6. The maximum Gasteiger partial charge on any atom is 0.0921 e. The van der Waals surface area contributed by atoms with Gasteiger partial charge in [-0.15, -0.1) is 0 Å². The molecule has 2 aromatic rings. The summed E-state index contributed by atoms with van der Waals surface area (Å²) < 4.78 is 0. The molecule has 2 nitrogen and oxygen atoms in total. The predicted molar refractivity (Wildman–Crippen MR) is 129 cm³/mol. The first-order valence-corrected chi connectivity index (χ1v) is 13.2. The van der Waals surface area contributed by atoms with E-state index in [1.165, 1.54) is 75.9 Å². The van der Waals surface area contributed by atoms with Gasteiger partial charge in [0.25, 0.3) is 0 Å². The maximum atomic E-state index is 4.74. The van der Waals surface area contributed by atoms with Crippen LogP contribution in [0, 0.1) is 0 Å². The number of pyridine rings is 2. The van der Waals surface area contributed by atoms with Crippen LogP contribution in [0.4, 0.5) is 0 Å². The van der Waals surface area contributed by atoms with Crippen LogP contribution in [-0.2, 0) is 6.16 Å². The fourth-order valence-electron chi connectivity index (χ4n) is 4.88. The van der Waals surface area contributed by atoms with E-state index >= 15 is 0 Å². The molecule has 0 aromatic carbocycles. The Balaban J connectivity index is 0.00000109. The van der Waals surface area contributed by atoms with Gasteiger partial charge in [0, 0.05) is 12.4 Å². The first-order chi connectivity index (χ1) is 13.9. The Morgan fingerprint density at radius 1 is 0.750 bits per heavy atom. The summed E-state index contributed by atoms with van der Waals surface area (Å²) in [5.74, 6) is 0. The zero-order chi connectivity index (χ0) is 19.6. The zero-order valence-electron chi connectivity index (χ0n) is 17.8. The molecule has 0 amide bonds. The minimum Gasteiger partial charge on any atom is -0.255 e. The van der Waals surface area contributed by atoms with Crippen LogP contribution in [0.5, 0.6) is 0 Å². The SMILES string of the molecule is BB.c1ccc(-c2ncccc2CP(C2CCCCC2)C2CCCCC2)nc1. The quantitative estimate of drug-likeness (QED) is 0.531. The van der Waals surface area contributed by atoms with Gasteiger partial charge in [0.2, 0.25) is 0 Å². The minimum absolute atomic E-state index is 0.0524. The average Bonchev–Trinajstić information content (AvgIpc) is 2.81. The van der Waals surface area contributed by atoms with E-state index in [4.69, 9.17) is 4.98 Å². The third-order valence-electron chi connectivity index (χ3n) is 6.24. The van der Waals surface area contributed by atoms with Crippen molar-refractivity contribution in [3.63, 3.8) is 0 Å². The minimum atomic E-state index is 0.0524. The van der Waals surface area contributed by atoms with Gasteiger partial charge in [-0.3, -0.25) is 9.97 Å². The van der Waals surface area contributed by atoms with E-state index in [-0.39, 0.29) is 7.92 Å². The van der Waals surface area contributed by atoms with Crippen molar-refractivity contribution in [2.24, 2.45) is 0 Å². The third kappa shape index (κ3) is 5.69. The van der Waals surface area contributed by atoms with E-state index in [0.29, 0.717) is 0 Å². The molecule has 2 aliphatic carbocycles. The predicted octanol–water partition coefficient (Wildman–Crippen LogP) is 4.96. The molecule has 148 valence electrons. The second-order valence-corrected chi connectivity index (χ2v) is 10.8. The number of hydrogen-bond donors (Lipinski definition) is 0. The largest absolute Gasteiger partial charge is 0.255 e. The van der Waals surface area contributed by atoms with Crippen molar-refractivity contribution in [2.45, 2.75) is 81.7 Å². The second-order valence-electron chi connectivity index (χ2n) is 7.98. The molecule has 2 fully saturated rings. The number of rotatable bonds is 5. The Kier molecular flexibility index (Phi) is 9.06. The van der Waals surface area contributed by atoms with Gasteiger partial charge in [-0.1, -0.05) is 58.6 Å². The summed E-state index contributed by atoms with van der Waals surface area (Å²) in [5.41, 5.74) is 5.56. The van der Waals surface area contributed by atoms with Crippen LogP contribution in [-0.4, -0.2) is 36.8 Å². The molecule has 0 aliphatic heterocycles. The molecule has 0 spiro atoms. The molecular weight excluding hydrogens is 357 g/mol. The Morgan fingerprint density at radius 2 is 1.36 bits per heavy atom. The first kappa shape index (κ1) is 21.6. The molecule has 0 radical (unpaired) electrons. The average molecular weight is 392 g/mol. The summed E-state index contributed by atoms with van der Waals surface area (Å²) in [6.07, 6.45) is 19.7. The Morgan fingerprint density at radius 3 is 1.93 bits per heavy atom. The van der Waals surface area contributed by atoms with Gasteiger partial charge < -0.3 is 0 Å². The van der Waals surface area contributed by atoms with Crippen molar-refractivity contribution in [3.8, 4) is 11.4 Å². The molecule has 2 aliphatic rings. The van der Waals surface area contributed by atoms with Gasteiger partial charge in [-0.25, -0.2) is 0 Å². The summed E-state index contributed by atoms with van der Waals surface area (Å²) in [4.78, 5) is 9.33. The Bertz CT molecular complexity index is 668. The van der Waals surface area contributed by atoms with E-state index in [1.54, 1.807) is 0 Å². The highest BCUT2D eigenvalue weighted by Crippen LogP contribution is 2.58. The lowest BCUT2D eigenvalue weighted by atomic mass is 9.81. The van der Waals surface area contributed by atoms with Gasteiger partial charge in [0.05, 0.1) is 26.9 Å². The highest BCUT2D eigenvalue weighted by Gasteiger charge is 2.31. The van der Waals surface area contributed by atoms with Crippen LogP contribution in [0.15, 0.2) is 42.7 Å². The molecule has 2 heterocycles. The van der Waals surface area contributed by atoms with Gasteiger partial charge in [-0.2, -0.15) is 0 Å². The highest BCUT2D eigenvalue weighted by atomic mass is 31.1. The van der Waals surface area contributed by atoms with E-state index in [0.717, 1.165) is 22.7 Å². The summed E-state index contributed by atoms with van der Waals surface area (Å²) in [5, 5.41) is 0. The fraction of sp³-hybridized carbons (Fsp3) is 0.565. The standard InChI is InChI=1S/C23H31N2P.B2H4/c1-3-11-20(12-4-1)26(21-13-5-2-6-14-21)18-19-10-9-17-25-23(19)22-15-7-8-16-24-22;1-2/h7-10,15-17,20-21H,1-6,11-14,18H2;1-2H2. The van der Waals surface area contributed by atoms with Crippen molar-refractivity contribution in [2.75, 3.05) is 0 Å². The summed E-state index contributed by atoms with van der Waals surface area (Å²) in [7, 11) is 4.05. The van der Waals surface area contributed by atoms with Crippen molar-refractivity contribution < 1.29 is 0 Å². The van der Waals surface area contributed by atoms with Crippen molar-refractivity contribution in [1.82, 2.24) is 9.97 Å². The molecule has 4 rings (SSSR count). The van der Waals surface area contributed by atoms with Gasteiger partial charge in [0.15, 0.2) is 0 Å². The van der Waals surface area contributed by atoms with Gasteiger partial charge in [-0.05, 0) is 66.9 Å². The lowest BCUT2D eigenvalue weighted by Gasteiger charge is -2.39. The number of aromatic nitrogens is 2. The Labute approximate surface area is 174 Å². The zero-order valence-corrected chi connectivity index (χ0v) is 18.7. The smallest absolute Gasteiger partial charge is 0.0921 e. The van der Waals surface area contributed by atoms with Crippen LogP contribution in [0.3, 0.4) is 0 Å². The monoisotopic (exact) mass is 392 g/mol. The third-order valence-corrected chi connectivity index (χ3v) is 9.85. The van der Waals surface area contributed by atoms with Crippen LogP contribution in [0.2, 0.25) is 0 Å². The second kappa shape index (κ2) is 11.8. The topological polar surface area (TPSA) is 25.8 Å². The van der Waals surface area contributed by atoms with Crippen LogP contribution in [0.1, 0.15) is 69.8 Å². The normalized spacial score (nSPS) is 18.5. The lowest BCUT2D eigenvalue weighted by Crippen LogP contribution is -2.21. The van der Waals surface area contributed by atoms with Crippen molar-refractivity contribution in [3.05, 3.63) is 48.3 Å². The molecule has 2 saturated carbocycles. The van der Waals surface area contributed by atoms with Crippen LogP contribution >= 0.6 is 7.92 Å². The van der Waals surface area contributed by atoms with Crippen molar-refractivity contribution in [1.29, 1.82) is 0 Å². The number of hydrogen-bond acceptors (Lipinski definition) is 2. The van der Waals surface area contributed by atoms with Crippen LogP contribution in [0.25, 0.3) is 11.4 Å². The molecule has 0 N–H and O–H groups in total. The van der Waals surface area contributed by atoms with Crippen LogP contribution < -0.4 is 0 Å². The molecule has 0 bridgehead atoms. The molecular formula is C23H35B2N2P. The highest BCUT2D eigenvalue weighted by molar-refractivity contribution is 7.58. The first-order valence-electron chi connectivity index (χ1n) is 11.5. The van der Waals surface area contributed by atoms with Crippen molar-refractivity contribution >= 4 is 23.4 Å². The van der Waals surface area contributed by atoms with Gasteiger partial charge in [0.1, 0.15) is 0 Å². The Hall–Kier alpha value is -1.14. The van der Waals surface area contributed by atoms with E-state index < -0.39 is 0 Å². The molecule has 0 unspecified atom stereocenters. The molecule has 5 heteroatoms.